The van der Waals surface area contributed by atoms with Crippen LogP contribution in [0.2, 0.25) is 0 Å². The molecule has 1 aliphatic carbocycles. The third kappa shape index (κ3) is 6.05. The molecule has 154 valence electrons. The molecular formula is C19H24F2N2O5. The van der Waals surface area contributed by atoms with Gasteiger partial charge in [-0.1, -0.05) is 5.16 Å². The van der Waals surface area contributed by atoms with Gasteiger partial charge in [-0.15, -0.1) is 0 Å². The van der Waals surface area contributed by atoms with E-state index in [4.69, 9.17) is 14.3 Å². The molecule has 28 heavy (non-hydrogen) atoms. The maximum atomic E-state index is 12.6. The van der Waals surface area contributed by atoms with E-state index in [-0.39, 0.29) is 30.1 Å². The van der Waals surface area contributed by atoms with Gasteiger partial charge in [0.2, 0.25) is 0 Å². The Balaban J connectivity index is 1.57. The average molecular weight is 398 g/mol. The minimum atomic E-state index is -2.93. The van der Waals surface area contributed by atoms with E-state index >= 15 is 0 Å². The molecule has 0 bridgehead atoms. The zero-order valence-electron chi connectivity index (χ0n) is 15.5. The van der Waals surface area contributed by atoms with E-state index in [9.17, 15) is 13.6 Å². The van der Waals surface area contributed by atoms with Crippen molar-refractivity contribution >= 4 is 12.1 Å². The zero-order valence-corrected chi connectivity index (χ0v) is 15.5. The second kappa shape index (κ2) is 10.2. The van der Waals surface area contributed by atoms with Crippen molar-refractivity contribution < 1.29 is 32.6 Å². The molecule has 1 amide bonds. The number of halogens is 2. The summed E-state index contributed by atoms with van der Waals surface area (Å²) in [5, 5.41) is 3.79. The number of alkyl halides is 2. The molecule has 1 heterocycles. The van der Waals surface area contributed by atoms with Crippen LogP contribution in [0.15, 0.2) is 23.4 Å². The summed E-state index contributed by atoms with van der Waals surface area (Å²) in [5.74, 6) is 0.0781. The maximum Gasteiger partial charge on any atom is 0.387 e. The van der Waals surface area contributed by atoms with Gasteiger partial charge in [-0.05, 0) is 43.9 Å². The second-order valence-electron chi connectivity index (χ2n) is 6.61. The fraction of sp³-hybridized carbons (Fsp3) is 0.579. The summed E-state index contributed by atoms with van der Waals surface area (Å²) < 4.78 is 40.8. The lowest BCUT2D eigenvalue weighted by Gasteiger charge is -2.26. The Labute approximate surface area is 162 Å². The highest BCUT2D eigenvalue weighted by Crippen LogP contribution is 2.33. The highest BCUT2D eigenvalue weighted by molar-refractivity contribution is 5.81. The molecule has 7 nitrogen and oxygen atoms in total. The molecule has 0 N–H and O–H groups in total. The van der Waals surface area contributed by atoms with Gasteiger partial charge in [0.15, 0.2) is 18.1 Å². The summed E-state index contributed by atoms with van der Waals surface area (Å²) in [6.07, 6.45) is 5.29. The molecule has 9 heteroatoms. The summed E-state index contributed by atoms with van der Waals surface area (Å²) in [7, 11) is 0. The average Bonchev–Trinajstić information content (AvgIpc) is 3.20. The number of ether oxygens (including phenoxy) is 3. The molecule has 0 aromatic heterocycles. The van der Waals surface area contributed by atoms with Crippen LogP contribution in [0, 0.1) is 0 Å². The van der Waals surface area contributed by atoms with E-state index in [0.29, 0.717) is 31.9 Å². The third-order valence-electron chi connectivity index (χ3n) is 4.61. The van der Waals surface area contributed by atoms with E-state index in [0.717, 1.165) is 25.7 Å². The van der Waals surface area contributed by atoms with Crippen LogP contribution in [-0.2, 0) is 14.4 Å². The lowest BCUT2D eigenvalue weighted by Crippen LogP contribution is -2.42. The van der Waals surface area contributed by atoms with Gasteiger partial charge < -0.3 is 23.9 Å². The molecule has 1 aromatic carbocycles. The first kappa shape index (κ1) is 20.3. The van der Waals surface area contributed by atoms with Crippen molar-refractivity contribution in [3.63, 3.8) is 0 Å². The zero-order chi connectivity index (χ0) is 19.8. The number of carbonyl (C=O) groups is 1. The Morgan fingerprint density at radius 2 is 2.00 bits per heavy atom. The first-order valence-corrected chi connectivity index (χ1v) is 9.38. The second-order valence-corrected chi connectivity index (χ2v) is 6.61. The number of nitrogens with zero attached hydrogens (tertiary/aromatic N) is 2. The first-order valence-electron chi connectivity index (χ1n) is 9.38. The highest BCUT2D eigenvalue weighted by atomic mass is 19.3. The Morgan fingerprint density at radius 1 is 1.25 bits per heavy atom. The molecule has 1 aromatic rings. The molecule has 3 rings (SSSR count). The number of rotatable bonds is 8. The van der Waals surface area contributed by atoms with E-state index < -0.39 is 6.61 Å². The van der Waals surface area contributed by atoms with Crippen molar-refractivity contribution in [2.45, 2.75) is 38.4 Å². The molecular weight excluding hydrogens is 374 g/mol. The van der Waals surface area contributed by atoms with Crippen molar-refractivity contribution in [1.29, 1.82) is 0 Å². The van der Waals surface area contributed by atoms with Crippen LogP contribution in [0.5, 0.6) is 11.5 Å². The van der Waals surface area contributed by atoms with Gasteiger partial charge in [-0.3, -0.25) is 4.79 Å². The summed E-state index contributed by atoms with van der Waals surface area (Å²) in [5.41, 5.74) is 0.591. The molecule has 0 radical (unpaired) electrons. The van der Waals surface area contributed by atoms with E-state index in [1.54, 1.807) is 17.0 Å². The van der Waals surface area contributed by atoms with Crippen molar-refractivity contribution in [2.75, 3.05) is 32.9 Å². The van der Waals surface area contributed by atoms with Gasteiger partial charge in [0.25, 0.3) is 5.91 Å². The van der Waals surface area contributed by atoms with Gasteiger partial charge in [0, 0.05) is 18.7 Å². The Bertz CT molecular complexity index is 674. The van der Waals surface area contributed by atoms with E-state index in [1.165, 1.54) is 12.3 Å². The summed E-state index contributed by atoms with van der Waals surface area (Å²) in [6.45, 7) is -0.981. The SMILES string of the molecule is O=C(CO/N=C/c1ccc(OC(F)F)c(OC2CCCC2)c1)N1CCOCC1. The number of hydrogen-bond donors (Lipinski definition) is 0. The minimum absolute atomic E-state index is 0.00500. The standard InChI is InChI=1S/C19H24F2N2O5/c20-19(21)28-16-6-5-14(11-17(16)27-15-3-1-2-4-15)12-22-26-13-18(24)23-7-9-25-10-8-23/h5-6,11-12,15,19H,1-4,7-10,13H2/b22-12+. The lowest BCUT2D eigenvalue weighted by molar-refractivity contribution is -0.140. The number of carbonyl (C=O) groups excluding carboxylic acids is 1. The van der Waals surface area contributed by atoms with Crippen molar-refractivity contribution in [3.05, 3.63) is 23.8 Å². The van der Waals surface area contributed by atoms with Crippen molar-refractivity contribution in [2.24, 2.45) is 5.16 Å². The Morgan fingerprint density at radius 3 is 2.71 bits per heavy atom. The van der Waals surface area contributed by atoms with Crippen LogP contribution in [0.25, 0.3) is 0 Å². The monoisotopic (exact) mass is 398 g/mol. The number of oxime groups is 1. The quantitative estimate of drug-likeness (QED) is 0.498. The predicted octanol–water partition coefficient (Wildman–Crippen LogP) is 2.82. The van der Waals surface area contributed by atoms with E-state index in [2.05, 4.69) is 9.89 Å². The van der Waals surface area contributed by atoms with Gasteiger partial charge in [0.05, 0.1) is 25.5 Å². The third-order valence-corrected chi connectivity index (χ3v) is 4.61. The molecule has 1 saturated carbocycles. The molecule has 2 aliphatic rings. The topological polar surface area (TPSA) is 69.6 Å². The Kier molecular flexibility index (Phi) is 7.41. The predicted molar refractivity (Wildman–Crippen MR) is 96.9 cm³/mol. The van der Waals surface area contributed by atoms with Crippen LogP contribution in [-0.4, -0.2) is 62.6 Å². The summed E-state index contributed by atoms with van der Waals surface area (Å²) in [4.78, 5) is 18.7. The summed E-state index contributed by atoms with van der Waals surface area (Å²) in [6, 6.07) is 4.55. The lowest BCUT2D eigenvalue weighted by atomic mass is 10.2. The largest absolute Gasteiger partial charge is 0.487 e. The van der Waals surface area contributed by atoms with Crippen molar-refractivity contribution in [3.8, 4) is 11.5 Å². The van der Waals surface area contributed by atoms with Gasteiger partial charge in [0.1, 0.15) is 0 Å². The number of hydrogen-bond acceptors (Lipinski definition) is 6. The maximum absolute atomic E-state index is 12.6. The fourth-order valence-electron chi connectivity index (χ4n) is 3.17. The van der Waals surface area contributed by atoms with Crippen LogP contribution in [0.3, 0.4) is 0 Å². The van der Waals surface area contributed by atoms with E-state index in [1.807, 2.05) is 0 Å². The smallest absolute Gasteiger partial charge is 0.387 e. The van der Waals surface area contributed by atoms with Crippen LogP contribution < -0.4 is 9.47 Å². The molecule has 0 unspecified atom stereocenters. The van der Waals surface area contributed by atoms with Gasteiger partial charge in [-0.2, -0.15) is 8.78 Å². The minimum Gasteiger partial charge on any atom is -0.487 e. The van der Waals surface area contributed by atoms with Gasteiger partial charge >= 0.3 is 6.61 Å². The number of benzene rings is 1. The fourth-order valence-corrected chi connectivity index (χ4v) is 3.17. The number of morpholine rings is 1. The van der Waals surface area contributed by atoms with Crippen molar-refractivity contribution in [1.82, 2.24) is 4.90 Å². The number of amides is 1. The van der Waals surface area contributed by atoms with Crippen LogP contribution >= 0.6 is 0 Å². The normalized spacial score (nSPS) is 18.0. The highest BCUT2D eigenvalue weighted by Gasteiger charge is 2.20. The molecule has 1 aliphatic heterocycles. The molecule has 0 spiro atoms. The molecule has 2 fully saturated rings. The van der Waals surface area contributed by atoms with Crippen LogP contribution in [0.1, 0.15) is 31.2 Å². The molecule has 0 atom stereocenters. The Hall–Kier alpha value is -2.42. The summed E-state index contributed by atoms with van der Waals surface area (Å²) >= 11 is 0. The van der Waals surface area contributed by atoms with Gasteiger partial charge in [-0.25, -0.2) is 0 Å². The molecule has 1 saturated heterocycles. The first-order chi connectivity index (χ1) is 13.6. The van der Waals surface area contributed by atoms with Crippen LogP contribution in [0.4, 0.5) is 8.78 Å².